The second-order valence-electron chi connectivity index (χ2n) is 8.54. The zero-order chi connectivity index (χ0) is 27.4. The lowest BCUT2D eigenvalue weighted by Crippen LogP contribution is -2.43. The number of carbonyl (C=O) groups excluding carboxylic acids is 2. The van der Waals surface area contributed by atoms with Crippen molar-refractivity contribution in [1.82, 2.24) is 19.4 Å². The van der Waals surface area contributed by atoms with Gasteiger partial charge in [-0.1, -0.05) is 18.2 Å². The molecule has 0 unspecified atom stereocenters. The molecular weight excluding hydrogens is 530 g/mol. The maximum Gasteiger partial charge on any atom is 0.435 e. The molecule has 1 aliphatic rings. The number of sulfonamides is 1. The fraction of sp³-hybridized carbons (Fsp3) is 0.500. The molecule has 0 aliphatic carbocycles. The van der Waals surface area contributed by atoms with Crippen molar-refractivity contribution in [1.29, 1.82) is 0 Å². The minimum absolute atomic E-state index is 0.0321. The van der Waals surface area contributed by atoms with E-state index in [4.69, 9.17) is 0 Å². The number of para-hydroxylation sites is 1. The molecule has 0 spiro atoms. The lowest BCUT2D eigenvalue weighted by Gasteiger charge is -2.30. The first-order valence-electron chi connectivity index (χ1n) is 11.2. The summed E-state index contributed by atoms with van der Waals surface area (Å²) in [6.45, 7) is -0.522. The first-order chi connectivity index (χ1) is 17.2. The average Bonchev–Trinajstić information content (AvgIpc) is 3.27. The molecule has 1 aliphatic heterocycles. The molecule has 15 heteroatoms. The second kappa shape index (κ2) is 11.2. The number of Topliss-reactive ketones (excluding diaryl/α,β-unsaturated/α-hetero) is 1. The van der Waals surface area contributed by atoms with Crippen LogP contribution in [-0.2, 0) is 21.0 Å². The summed E-state index contributed by atoms with van der Waals surface area (Å²) in [6, 6.07) is 7.93. The largest absolute Gasteiger partial charge is 0.435 e. The van der Waals surface area contributed by atoms with Gasteiger partial charge in [-0.15, -0.1) is 0 Å². The third-order valence-corrected chi connectivity index (χ3v) is 7.63. The highest BCUT2D eigenvalue weighted by atomic mass is 32.2. The van der Waals surface area contributed by atoms with Crippen LogP contribution in [0.4, 0.5) is 26.3 Å². The zero-order valence-electron chi connectivity index (χ0n) is 19.3. The summed E-state index contributed by atoms with van der Waals surface area (Å²) in [5.41, 5.74) is -1.69. The Balaban J connectivity index is 1.50. The summed E-state index contributed by atoms with van der Waals surface area (Å²) in [5.74, 6) is -3.77. The fourth-order valence-electron chi connectivity index (χ4n) is 3.98. The first-order valence-corrected chi connectivity index (χ1v) is 12.9. The lowest BCUT2D eigenvalue weighted by molar-refractivity contribution is -0.141. The van der Waals surface area contributed by atoms with Crippen molar-refractivity contribution in [2.45, 2.75) is 38.0 Å². The van der Waals surface area contributed by atoms with Crippen LogP contribution >= 0.6 is 0 Å². The number of piperidine rings is 1. The zero-order valence-corrected chi connectivity index (χ0v) is 20.2. The number of halogens is 6. The summed E-state index contributed by atoms with van der Waals surface area (Å²) in [5, 5.41) is 5.85. The van der Waals surface area contributed by atoms with Crippen LogP contribution in [0.5, 0.6) is 0 Å². The lowest BCUT2D eigenvalue weighted by atomic mass is 9.91. The molecule has 204 valence electrons. The van der Waals surface area contributed by atoms with Gasteiger partial charge in [-0.25, -0.2) is 17.4 Å². The van der Waals surface area contributed by atoms with Crippen LogP contribution in [0.2, 0.25) is 0 Å². The molecule has 37 heavy (non-hydrogen) atoms. The van der Waals surface area contributed by atoms with Gasteiger partial charge in [0.2, 0.25) is 10.0 Å². The molecule has 8 nitrogen and oxygen atoms in total. The Kier molecular flexibility index (Phi) is 8.67. The molecule has 3 rings (SSSR count). The highest BCUT2D eigenvalue weighted by molar-refractivity contribution is 7.89. The number of carbonyl (C=O) groups is 2. The number of hydrogen-bond donors (Lipinski definition) is 1. The summed E-state index contributed by atoms with van der Waals surface area (Å²) in [7, 11) is -4.51. The predicted molar refractivity (Wildman–Crippen MR) is 119 cm³/mol. The normalized spacial score (nSPS) is 16.1. The van der Waals surface area contributed by atoms with Crippen LogP contribution in [-0.4, -0.2) is 65.8 Å². The summed E-state index contributed by atoms with van der Waals surface area (Å²) >= 11 is 0. The molecule has 0 saturated carbocycles. The smallest absolute Gasteiger partial charge is 0.352 e. The summed E-state index contributed by atoms with van der Waals surface area (Å²) in [4.78, 5) is 24.9. The van der Waals surface area contributed by atoms with Gasteiger partial charge >= 0.3 is 12.4 Å². The number of rotatable bonds is 9. The number of alkyl halides is 6. The molecular formula is C22H24F6N4O4S. The van der Waals surface area contributed by atoms with E-state index in [-0.39, 0.29) is 51.1 Å². The number of nitrogens with zero attached hydrogens (tertiary/aromatic N) is 3. The Morgan fingerprint density at radius 2 is 1.65 bits per heavy atom. The minimum atomic E-state index is -4.87. The van der Waals surface area contributed by atoms with Crippen LogP contribution in [0.3, 0.4) is 0 Å². The highest BCUT2D eigenvalue weighted by Crippen LogP contribution is 2.31. The van der Waals surface area contributed by atoms with Gasteiger partial charge in [0.1, 0.15) is 5.78 Å². The van der Waals surface area contributed by atoms with E-state index in [1.54, 1.807) is 18.2 Å². The molecule has 0 bridgehead atoms. The number of hydrogen-bond acceptors (Lipinski definition) is 5. The predicted octanol–water partition coefficient (Wildman–Crippen LogP) is 3.57. The molecule has 0 atom stereocenters. The minimum Gasteiger partial charge on any atom is -0.352 e. The van der Waals surface area contributed by atoms with Crippen LogP contribution < -0.4 is 5.32 Å². The van der Waals surface area contributed by atoms with Crippen molar-refractivity contribution in [3.63, 3.8) is 0 Å². The first kappa shape index (κ1) is 28.6. The van der Waals surface area contributed by atoms with E-state index in [1.165, 1.54) is 12.1 Å². The van der Waals surface area contributed by atoms with Crippen molar-refractivity contribution in [3.8, 4) is 5.69 Å². The van der Waals surface area contributed by atoms with E-state index >= 15 is 0 Å². The Labute approximate surface area is 208 Å². The molecule has 2 aromatic rings. The van der Waals surface area contributed by atoms with E-state index < -0.39 is 51.2 Å². The van der Waals surface area contributed by atoms with E-state index in [1.807, 2.05) is 0 Å². The number of aromatic nitrogens is 2. The summed E-state index contributed by atoms with van der Waals surface area (Å²) < 4.78 is 103. The van der Waals surface area contributed by atoms with E-state index in [2.05, 4.69) is 10.4 Å². The van der Waals surface area contributed by atoms with Crippen LogP contribution in [0.15, 0.2) is 36.5 Å². The van der Waals surface area contributed by atoms with E-state index in [0.29, 0.717) is 5.69 Å². The fourth-order valence-corrected chi connectivity index (χ4v) is 5.34. The SMILES string of the molecule is O=C(NCCCC(=O)C1CCN(S(=O)(=O)CC(F)(F)F)CC1)c1cn(-c2ccccc2)nc1C(F)(F)F. The van der Waals surface area contributed by atoms with E-state index in [9.17, 15) is 44.3 Å². The highest BCUT2D eigenvalue weighted by Gasteiger charge is 2.41. The maximum absolute atomic E-state index is 13.4. The van der Waals surface area contributed by atoms with Crippen LogP contribution in [0, 0.1) is 5.92 Å². The monoisotopic (exact) mass is 554 g/mol. The van der Waals surface area contributed by atoms with Crippen LogP contribution in [0.25, 0.3) is 5.69 Å². The van der Waals surface area contributed by atoms with Crippen LogP contribution in [0.1, 0.15) is 41.7 Å². The van der Waals surface area contributed by atoms with Gasteiger partial charge < -0.3 is 5.32 Å². The van der Waals surface area contributed by atoms with Crippen molar-refractivity contribution < 1.29 is 44.3 Å². The number of ketones is 1. The third-order valence-electron chi connectivity index (χ3n) is 5.78. The molecule has 0 radical (unpaired) electrons. The topological polar surface area (TPSA) is 101 Å². The Morgan fingerprint density at radius 1 is 1.03 bits per heavy atom. The second-order valence-corrected chi connectivity index (χ2v) is 10.5. The standard InChI is InChI=1S/C22H24F6N4O4S/c23-21(24,25)14-37(35,36)31-11-8-15(9-12-31)18(33)7-4-10-29-20(34)17-13-32(16-5-2-1-3-6-16)30-19(17)22(26,27)28/h1-3,5-6,13,15H,4,7-12,14H2,(H,29,34). The van der Waals surface area contributed by atoms with E-state index in [0.717, 1.165) is 15.2 Å². The van der Waals surface area contributed by atoms with Gasteiger partial charge in [0.25, 0.3) is 5.91 Å². The van der Waals surface area contributed by atoms with Gasteiger partial charge in [0, 0.05) is 38.2 Å². The average molecular weight is 555 g/mol. The molecule has 1 aromatic carbocycles. The maximum atomic E-state index is 13.4. The number of amides is 1. The van der Waals surface area contributed by atoms with Crippen molar-refractivity contribution in [2.75, 3.05) is 25.4 Å². The van der Waals surface area contributed by atoms with Crippen molar-refractivity contribution in [2.24, 2.45) is 5.92 Å². The Hall–Kier alpha value is -2.94. The molecule has 1 N–H and O–H groups in total. The van der Waals surface area contributed by atoms with Gasteiger partial charge in [-0.3, -0.25) is 9.59 Å². The molecule has 2 heterocycles. The van der Waals surface area contributed by atoms with Gasteiger partial charge in [-0.2, -0.15) is 31.4 Å². The quantitative estimate of drug-likeness (QED) is 0.377. The number of benzene rings is 1. The summed E-state index contributed by atoms with van der Waals surface area (Å²) in [6.07, 6.45) is -8.55. The third kappa shape index (κ3) is 7.77. The number of nitrogens with one attached hydrogen (secondary N) is 1. The molecule has 1 amide bonds. The molecule has 1 aromatic heterocycles. The molecule has 1 fully saturated rings. The van der Waals surface area contributed by atoms with Crippen molar-refractivity contribution >= 4 is 21.7 Å². The van der Waals surface area contributed by atoms with Gasteiger partial charge in [0.15, 0.2) is 11.4 Å². The molecule has 1 saturated heterocycles. The van der Waals surface area contributed by atoms with Crippen molar-refractivity contribution in [3.05, 3.63) is 47.8 Å². The van der Waals surface area contributed by atoms with Gasteiger partial charge in [0.05, 0.1) is 11.3 Å². The van der Waals surface area contributed by atoms with Gasteiger partial charge in [-0.05, 0) is 31.4 Å². The Bertz CT molecular complexity index is 1200. The Morgan fingerprint density at radius 3 is 2.22 bits per heavy atom.